The Morgan fingerprint density at radius 1 is 1.00 bits per heavy atom. The van der Waals surface area contributed by atoms with Crippen LogP contribution < -0.4 is 20.8 Å². The minimum absolute atomic E-state index is 0.0619. The number of nitrogens with zero attached hydrogens (tertiary/aromatic N) is 6. The van der Waals surface area contributed by atoms with Gasteiger partial charge >= 0.3 is 0 Å². The Bertz CT molecular complexity index is 1390. The van der Waals surface area contributed by atoms with Crippen LogP contribution in [0.2, 0.25) is 0 Å². The van der Waals surface area contributed by atoms with Crippen LogP contribution in [0.15, 0.2) is 42.6 Å². The molecule has 1 aromatic heterocycles. The van der Waals surface area contributed by atoms with Crippen LogP contribution in [0.4, 0.5) is 34.5 Å². The molecular formula is C28H35N8O3P. The van der Waals surface area contributed by atoms with Crippen LogP contribution in [-0.2, 0) is 4.57 Å². The molecule has 0 atom stereocenters. The Balaban J connectivity index is 1.28. The topological polar surface area (TPSA) is 120 Å². The monoisotopic (exact) mass is 562 g/mol. The predicted octanol–water partition coefficient (Wildman–Crippen LogP) is 4.62. The number of nitrogens with one attached hydrogen (secondary N) is 2. The molecule has 3 aromatic rings. The van der Waals surface area contributed by atoms with Crippen LogP contribution in [0.1, 0.15) is 24.0 Å². The van der Waals surface area contributed by atoms with Crippen LogP contribution >= 0.6 is 8.46 Å². The molecule has 11 nitrogen and oxygen atoms in total. The quantitative estimate of drug-likeness (QED) is 0.229. The minimum atomic E-state index is -0.323. The fourth-order valence-corrected chi connectivity index (χ4v) is 5.91. The van der Waals surface area contributed by atoms with Crippen molar-refractivity contribution in [3.8, 4) is 0 Å². The molecule has 2 fully saturated rings. The molecule has 40 heavy (non-hydrogen) atoms. The van der Waals surface area contributed by atoms with Crippen molar-refractivity contribution in [1.82, 2.24) is 19.8 Å². The maximum absolute atomic E-state index is 12.1. The summed E-state index contributed by atoms with van der Waals surface area (Å²) in [4.78, 5) is 27.6. The first-order valence-corrected chi connectivity index (χ1v) is 14.4. The molecule has 0 bridgehead atoms. The molecule has 2 aliphatic heterocycles. The van der Waals surface area contributed by atoms with Crippen LogP contribution in [0.5, 0.6) is 0 Å². The zero-order valence-electron chi connectivity index (χ0n) is 23.1. The van der Waals surface area contributed by atoms with Crippen LogP contribution in [0.25, 0.3) is 0 Å². The standard InChI is InChI=1S/C28H35N8O3P/c1-19-4-7-25(40-39)27(20(19)2)31-26-8-11-29-28(32-26)30-21-5-6-23(24(18-21)36(37)38)35-12-9-22(10-13-35)34-16-14-33(3)15-17-34/h4-8,11,18,22H,9-10,12-17H2,1-3H3,(H2,29,30,31,32). The number of piperidine rings is 1. The Morgan fingerprint density at radius 2 is 1.75 bits per heavy atom. The van der Waals surface area contributed by atoms with E-state index in [0.717, 1.165) is 68.9 Å². The summed E-state index contributed by atoms with van der Waals surface area (Å²) >= 11 is 0. The smallest absolute Gasteiger partial charge is 0.294 e. The molecule has 12 heteroatoms. The summed E-state index contributed by atoms with van der Waals surface area (Å²) in [5, 5.41) is 19.0. The van der Waals surface area contributed by atoms with Crippen LogP contribution in [0, 0.1) is 24.0 Å². The van der Waals surface area contributed by atoms with Crippen molar-refractivity contribution in [3.63, 3.8) is 0 Å². The number of benzene rings is 2. The van der Waals surface area contributed by atoms with Crippen molar-refractivity contribution in [2.24, 2.45) is 0 Å². The van der Waals surface area contributed by atoms with Crippen molar-refractivity contribution in [2.45, 2.75) is 32.7 Å². The SMILES string of the molecule is Cc1ccc(P=O)c(Nc2ccnc(Nc3ccc(N4CCC(N5CCN(C)CC5)CC4)c([N+](=O)[O-])c3)n2)c1C. The van der Waals surface area contributed by atoms with E-state index in [1.54, 1.807) is 18.3 Å². The fraction of sp³-hybridized carbons (Fsp3) is 0.429. The lowest BCUT2D eigenvalue weighted by Gasteiger charge is -2.42. The number of hydrogen-bond donors (Lipinski definition) is 2. The van der Waals surface area contributed by atoms with Crippen molar-refractivity contribution in [2.75, 3.05) is 61.8 Å². The highest BCUT2D eigenvalue weighted by molar-refractivity contribution is 7.34. The van der Waals surface area contributed by atoms with E-state index in [4.69, 9.17) is 0 Å². The molecule has 2 N–H and O–H groups in total. The molecule has 5 rings (SSSR count). The van der Waals surface area contributed by atoms with E-state index >= 15 is 0 Å². The average molecular weight is 563 g/mol. The molecule has 2 aromatic carbocycles. The van der Waals surface area contributed by atoms with Gasteiger partial charge in [-0.25, -0.2) is 4.98 Å². The van der Waals surface area contributed by atoms with Gasteiger partial charge < -0.3 is 20.4 Å². The van der Waals surface area contributed by atoms with Gasteiger partial charge in [0, 0.05) is 63.3 Å². The molecule has 0 spiro atoms. The second kappa shape index (κ2) is 12.2. The van der Waals surface area contributed by atoms with Crippen LogP contribution in [0.3, 0.4) is 0 Å². The lowest BCUT2D eigenvalue weighted by molar-refractivity contribution is -0.384. The second-order valence-electron chi connectivity index (χ2n) is 10.5. The summed E-state index contributed by atoms with van der Waals surface area (Å²) in [5.74, 6) is 0.817. The first kappa shape index (κ1) is 27.9. The van der Waals surface area contributed by atoms with Gasteiger partial charge in [0.1, 0.15) is 11.5 Å². The number of aryl methyl sites for hydroxylation is 1. The van der Waals surface area contributed by atoms with Crippen molar-refractivity contribution in [1.29, 1.82) is 0 Å². The normalized spacial score (nSPS) is 17.2. The average Bonchev–Trinajstić information content (AvgIpc) is 2.96. The maximum atomic E-state index is 12.1. The highest BCUT2D eigenvalue weighted by atomic mass is 31.1. The Hall–Kier alpha value is -3.66. The van der Waals surface area contributed by atoms with Gasteiger partial charge in [-0.15, -0.1) is 0 Å². The first-order chi connectivity index (χ1) is 19.3. The number of likely N-dealkylation sites (N-methyl/N-ethyl adjacent to an activating group) is 1. The van der Waals surface area contributed by atoms with Gasteiger partial charge in [0.05, 0.1) is 15.9 Å². The van der Waals surface area contributed by atoms with Gasteiger partial charge in [-0.2, -0.15) is 4.98 Å². The number of hydrogen-bond acceptors (Lipinski definition) is 10. The van der Waals surface area contributed by atoms with Crippen molar-refractivity contribution < 1.29 is 9.49 Å². The van der Waals surface area contributed by atoms with Crippen molar-refractivity contribution >= 4 is 48.3 Å². The van der Waals surface area contributed by atoms with E-state index in [2.05, 4.69) is 42.3 Å². The second-order valence-corrected chi connectivity index (χ2v) is 11.2. The van der Waals surface area contributed by atoms with Gasteiger partial charge in [0.2, 0.25) is 5.95 Å². The zero-order chi connectivity index (χ0) is 28.2. The number of anilines is 5. The summed E-state index contributed by atoms with van der Waals surface area (Å²) in [6.07, 6.45) is 3.61. The molecule has 3 heterocycles. The van der Waals surface area contributed by atoms with E-state index in [-0.39, 0.29) is 19.1 Å². The third kappa shape index (κ3) is 6.22. The van der Waals surface area contributed by atoms with E-state index in [1.807, 2.05) is 38.1 Å². The summed E-state index contributed by atoms with van der Waals surface area (Å²) in [5.41, 5.74) is 4.02. The molecule has 0 unspecified atom stereocenters. The maximum Gasteiger partial charge on any atom is 0.294 e. The first-order valence-electron chi connectivity index (χ1n) is 13.6. The van der Waals surface area contributed by atoms with Crippen molar-refractivity contribution in [3.05, 3.63) is 63.8 Å². The van der Waals surface area contributed by atoms with E-state index < -0.39 is 0 Å². The number of rotatable bonds is 8. The molecular weight excluding hydrogens is 527 g/mol. The number of piperazine rings is 1. The predicted molar refractivity (Wildman–Crippen MR) is 159 cm³/mol. The number of nitro groups is 1. The summed E-state index contributed by atoms with van der Waals surface area (Å²) < 4.78 is 11.7. The largest absolute Gasteiger partial charge is 0.366 e. The fourth-order valence-electron chi connectivity index (χ4n) is 5.45. The third-order valence-electron chi connectivity index (χ3n) is 8.01. The molecule has 0 saturated carbocycles. The molecule has 210 valence electrons. The molecule has 2 saturated heterocycles. The van der Waals surface area contributed by atoms with Gasteiger partial charge in [-0.3, -0.25) is 19.6 Å². The van der Waals surface area contributed by atoms with E-state index in [1.165, 1.54) is 0 Å². The van der Waals surface area contributed by atoms with Gasteiger partial charge in [-0.05, 0) is 69.1 Å². The molecule has 0 amide bonds. The van der Waals surface area contributed by atoms with E-state index in [9.17, 15) is 14.7 Å². The summed E-state index contributed by atoms with van der Waals surface area (Å²) in [7, 11) is 2.07. The Labute approximate surface area is 236 Å². The Morgan fingerprint density at radius 3 is 2.45 bits per heavy atom. The summed E-state index contributed by atoms with van der Waals surface area (Å²) in [6, 6.07) is 11.2. The molecule has 0 radical (unpaired) electrons. The van der Waals surface area contributed by atoms with Crippen LogP contribution in [-0.4, -0.2) is 77.0 Å². The Kier molecular flexibility index (Phi) is 8.54. The number of nitro benzene ring substituents is 1. The highest BCUT2D eigenvalue weighted by Crippen LogP contribution is 2.34. The minimum Gasteiger partial charge on any atom is -0.366 e. The molecule has 0 aliphatic carbocycles. The lowest BCUT2D eigenvalue weighted by Crippen LogP contribution is -2.52. The summed E-state index contributed by atoms with van der Waals surface area (Å²) in [6.45, 7) is 9.91. The molecule has 2 aliphatic rings. The lowest BCUT2D eigenvalue weighted by atomic mass is 10.0. The van der Waals surface area contributed by atoms with E-state index in [0.29, 0.717) is 34.5 Å². The highest BCUT2D eigenvalue weighted by Gasteiger charge is 2.29. The van der Waals surface area contributed by atoms with Gasteiger partial charge in [0.15, 0.2) is 8.46 Å². The zero-order valence-corrected chi connectivity index (χ0v) is 24.0. The van der Waals surface area contributed by atoms with Gasteiger partial charge in [-0.1, -0.05) is 6.07 Å². The van der Waals surface area contributed by atoms with Gasteiger partial charge in [0.25, 0.3) is 5.69 Å². The third-order valence-corrected chi connectivity index (χ3v) is 8.58. The number of aromatic nitrogens is 2.